The van der Waals surface area contributed by atoms with Gasteiger partial charge in [-0.25, -0.2) is 4.79 Å². The normalized spacial score (nSPS) is 29.1. The Bertz CT molecular complexity index is 1000. The highest BCUT2D eigenvalue weighted by molar-refractivity contribution is 5.75. The number of rotatable bonds is 4. The van der Waals surface area contributed by atoms with Crippen molar-refractivity contribution < 1.29 is 23.7 Å². The molecule has 2 amide bonds. The summed E-state index contributed by atoms with van der Waals surface area (Å²) in [5, 5.41) is 6.31. The highest BCUT2D eigenvalue weighted by Crippen LogP contribution is 2.36. The summed E-state index contributed by atoms with van der Waals surface area (Å²) in [7, 11) is 0. The van der Waals surface area contributed by atoms with Gasteiger partial charge in [0, 0.05) is 12.8 Å². The van der Waals surface area contributed by atoms with Gasteiger partial charge in [0.1, 0.15) is 23.7 Å². The average Bonchev–Trinajstić information content (AvgIpc) is 3.48. The minimum atomic E-state index is -0.715. The maximum Gasteiger partial charge on any atom is 0.315 e. The first-order chi connectivity index (χ1) is 15.9. The number of hydrogen-bond donors (Lipinski definition) is 2. The van der Waals surface area contributed by atoms with Gasteiger partial charge in [0.2, 0.25) is 0 Å². The Morgan fingerprint density at radius 3 is 1.79 bits per heavy atom. The van der Waals surface area contributed by atoms with Gasteiger partial charge >= 0.3 is 6.03 Å². The first-order valence-corrected chi connectivity index (χ1v) is 11.9. The number of ether oxygens (including phenoxy) is 4. The third-order valence-corrected chi connectivity index (χ3v) is 7.01. The predicted octanol–water partition coefficient (Wildman–Crippen LogP) is 2.91. The van der Waals surface area contributed by atoms with E-state index < -0.39 is 5.79 Å². The van der Waals surface area contributed by atoms with Crippen LogP contribution in [0.2, 0.25) is 0 Å². The lowest BCUT2D eigenvalue weighted by Crippen LogP contribution is -2.47. The van der Waals surface area contributed by atoms with Crippen LogP contribution >= 0.6 is 0 Å². The smallest absolute Gasteiger partial charge is 0.315 e. The van der Waals surface area contributed by atoms with Gasteiger partial charge in [-0.05, 0) is 61.1 Å². The predicted molar refractivity (Wildman–Crippen MR) is 122 cm³/mol. The third-order valence-electron chi connectivity index (χ3n) is 7.01. The lowest BCUT2D eigenvalue weighted by Gasteiger charge is -2.26. The summed E-state index contributed by atoms with van der Waals surface area (Å²) >= 11 is 0. The van der Waals surface area contributed by atoms with Gasteiger partial charge in [-0.1, -0.05) is 24.3 Å². The summed E-state index contributed by atoms with van der Waals surface area (Å²) in [6.07, 6.45) is 2.68. The van der Waals surface area contributed by atoms with Crippen LogP contribution in [-0.4, -0.2) is 49.3 Å². The van der Waals surface area contributed by atoms with Gasteiger partial charge in [0.25, 0.3) is 0 Å². The second kappa shape index (κ2) is 7.92. The summed E-state index contributed by atoms with van der Waals surface area (Å²) in [6.45, 7) is 5.35. The molecule has 0 aliphatic carbocycles. The highest BCUT2D eigenvalue weighted by atomic mass is 16.8. The Kier molecular flexibility index (Phi) is 4.99. The molecule has 2 fully saturated rings. The van der Waals surface area contributed by atoms with Crippen LogP contribution in [0, 0.1) is 0 Å². The monoisotopic (exact) mass is 450 g/mol. The Morgan fingerprint density at radius 2 is 1.30 bits per heavy atom. The van der Waals surface area contributed by atoms with Gasteiger partial charge in [-0.3, -0.25) is 0 Å². The van der Waals surface area contributed by atoms with Crippen LogP contribution in [0.25, 0.3) is 0 Å². The molecule has 2 saturated heterocycles. The molecule has 4 heterocycles. The van der Waals surface area contributed by atoms with E-state index in [4.69, 9.17) is 18.9 Å². The van der Waals surface area contributed by atoms with E-state index in [1.54, 1.807) is 0 Å². The molecule has 4 aliphatic heterocycles. The van der Waals surface area contributed by atoms with E-state index in [0.717, 1.165) is 48.7 Å². The van der Waals surface area contributed by atoms with Crippen molar-refractivity contribution in [2.75, 3.05) is 13.2 Å². The van der Waals surface area contributed by atoms with Crippen molar-refractivity contribution in [2.45, 2.75) is 69.6 Å². The van der Waals surface area contributed by atoms with Crippen LogP contribution in [-0.2, 0) is 35.2 Å². The minimum absolute atomic E-state index is 0.182. The van der Waals surface area contributed by atoms with E-state index >= 15 is 0 Å². The second-order valence-electron chi connectivity index (χ2n) is 9.88. The molecule has 7 heteroatoms. The van der Waals surface area contributed by atoms with E-state index in [-0.39, 0.29) is 30.3 Å². The second-order valence-corrected chi connectivity index (χ2v) is 9.88. The molecular weight excluding hydrogens is 420 g/mol. The SMILES string of the molecule is CC1(C)O[C@@H]2[C@@H](O1)[C@@H](Cc1ccc3c(c1)CCO3)NC(=O)N[C@@H]2Cc1ccc2c(c1)CCO2. The van der Waals surface area contributed by atoms with Crippen LogP contribution in [0.5, 0.6) is 11.5 Å². The molecule has 0 saturated carbocycles. The topological polar surface area (TPSA) is 78.0 Å². The Morgan fingerprint density at radius 1 is 0.818 bits per heavy atom. The van der Waals surface area contributed by atoms with Crippen molar-refractivity contribution >= 4 is 6.03 Å². The fourth-order valence-corrected chi connectivity index (χ4v) is 5.56. The van der Waals surface area contributed by atoms with Crippen molar-refractivity contribution in [3.63, 3.8) is 0 Å². The first kappa shape index (κ1) is 20.8. The van der Waals surface area contributed by atoms with Gasteiger partial charge in [0.05, 0.1) is 25.3 Å². The fourth-order valence-electron chi connectivity index (χ4n) is 5.56. The van der Waals surface area contributed by atoms with Gasteiger partial charge in [-0.2, -0.15) is 0 Å². The zero-order chi connectivity index (χ0) is 22.6. The summed E-state index contributed by atoms with van der Waals surface area (Å²) in [4.78, 5) is 12.9. The summed E-state index contributed by atoms with van der Waals surface area (Å²) < 4.78 is 24.0. The van der Waals surface area contributed by atoms with Crippen LogP contribution in [0.4, 0.5) is 4.79 Å². The molecule has 2 aromatic carbocycles. The number of fused-ring (bicyclic) bond motifs is 3. The van der Waals surface area contributed by atoms with Crippen molar-refractivity contribution in [1.82, 2.24) is 10.6 Å². The van der Waals surface area contributed by atoms with Crippen molar-refractivity contribution in [2.24, 2.45) is 0 Å². The Balaban J connectivity index is 1.26. The van der Waals surface area contributed by atoms with Crippen molar-refractivity contribution in [3.8, 4) is 11.5 Å². The molecule has 0 unspecified atom stereocenters. The molecular formula is C26H30N2O5. The van der Waals surface area contributed by atoms with Gasteiger partial charge in [-0.15, -0.1) is 0 Å². The number of hydrogen-bond acceptors (Lipinski definition) is 5. The number of urea groups is 1. The van der Waals surface area contributed by atoms with Crippen molar-refractivity contribution in [3.05, 3.63) is 58.7 Å². The summed E-state index contributed by atoms with van der Waals surface area (Å²) in [5.74, 6) is 1.21. The number of nitrogens with one attached hydrogen (secondary N) is 2. The van der Waals surface area contributed by atoms with E-state index in [1.165, 1.54) is 11.1 Å². The molecule has 4 aliphatic rings. The van der Waals surface area contributed by atoms with Crippen LogP contribution < -0.4 is 20.1 Å². The summed E-state index contributed by atoms with van der Waals surface area (Å²) in [5.41, 5.74) is 4.77. The number of carbonyl (C=O) groups excluding carboxylic acids is 1. The fraction of sp³-hybridized carbons (Fsp3) is 0.500. The zero-order valence-corrected chi connectivity index (χ0v) is 19.1. The maximum atomic E-state index is 12.9. The van der Waals surface area contributed by atoms with Crippen LogP contribution in [0.15, 0.2) is 36.4 Å². The number of benzene rings is 2. The maximum absolute atomic E-state index is 12.9. The molecule has 7 nitrogen and oxygen atoms in total. The highest BCUT2D eigenvalue weighted by Gasteiger charge is 2.51. The zero-order valence-electron chi connectivity index (χ0n) is 19.1. The van der Waals surface area contributed by atoms with Crippen molar-refractivity contribution in [1.29, 1.82) is 0 Å². The number of amides is 2. The molecule has 4 atom stereocenters. The molecule has 6 rings (SSSR count). The van der Waals surface area contributed by atoms with E-state index in [1.807, 2.05) is 26.0 Å². The standard InChI is InChI=1S/C26H30N2O5/c1-26(2)32-23-19(13-15-3-5-21-17(11-15)7-9-30-21)27-25(29)28-20(24(23)33-26)14-16-4-6-22-18(12-16)8-10-31-22/h3-6,11-12,19-20,23-24H,7-10,13-14H2,1-2H3,(H2,27,28,29)/t19-,20-,23+,24+/m1/s1. The first-order valence-electron chi connectivity index (χ1n) is 11.9. The molecule has 174 valence electrons. The number of carbonyl (C=O) groups is 1. The molecule has 0 bridgehead atoms. The van der Waals surface area contributed by atoms with Crippen LogP contribution in [0.3, 0.4) is 0 Å². The average molecular weight is 451 g/mol. The summed E-state index contributed by atoms with van der Waals surface area (Å²) in [6, 6.07) is 12.0. The molecule has 33 heavy (non-hydrogen) atoms. The van der Waals surface area contributed by atoms with E-state index in [0.29, 0.717) is 12.8 Å². The molecule has 0 spiro atoms. The van der Waals surface area contributed by atoms with Gasteiger partial charge < -0.3 is 29.6 Å². The Labute approximate surface area is 193 Å². The van der Waals surface area contributed by atoms with Gasteiger partial charge in [0.15, 0.2) is 5.79 Å². The largest absolute Gasteiger partial charge is 0.493 e. The lowest BCUT2D eigenvalue weighted by atomic mass is 9.91. The molecule has 0 radical (unpaired) electrons. The Hall–Kier alpha value is -2.77. The van der Waals surface area contributed by atoms with E-state index in [2.05, 4.69) is 34.9 Å². The minimum Gasteiger partial charge on any atom is -0.493 e. The quantitative estimate of drug-likeness (QED) is 0.749. The van der Waals surface area contributed by atoms with Crippen LogP contribution in [0.1, 0.15) is 36.1 Å². The molecule has 2 aromatic rings. The van der Waals surface area contributed by atoms with E-state index in [9.17, 15) is 4.79 Å². The third kappa shape index (κ3) is 4.04. The molecule has 0 aromatic heterocycles. The lowest BCUT2D eigenvalue weighted by molar-refractivity contribution is -0.150. The molecule has 2 N–H and O–H groups in total.